The van der Waals surface area contributed by atoms with Crippen LogP contribution in [0.2, 0.25) is 0 Å². The molecule has 1 fully saturated rings. The van der Waals surface area contributed by atoms with E-state index < -0.39 is 0 Å². The second-order valence-corrected chi connectivity index (χ2v) is 6.44. The van der Waals surface area contributed by atoms with Gasteiger partial charge in [0.15, 0.2) is 5.78 Å². The summed E-state index contributed by atoms with van der Waals surface area (Å²) in [5, 5.41) is 12.8. The number of aromatic nitrogens is 1. The summed E-state index contributed by atoms with van der Waals surface area (Å²) in [6, 6.07) is 11.3. The second-order valence-electron chi connectivity index (χ2n) is 6.44. The lowest BCUT2D eigenvalue weighted by molar-refractivity contribution is -0.881. The van der Waals surface area contributed by atoms with E-state index in [2.05, 4.69) is 9.88 Å². The van der Waals surface area contributed by atoms with E-state index in [-0.39, 0.29) is 16.2 Å². The summed E-state index contributed by atoms with van der Waals surface area (Å²) >= 11 is 0. The highest BCUT2D eigenvalue weighted by Crippen LogP contribution is 2.18. The molecule has 0 bridgehead atoms. The molecule has 0 unspecified atom stereocenters. The number of carbonyl (C=O) groups is 1. The van der Waals surface area contributed by atoms with Crippen LogP contribution in [-0.2, 0) is 0 Å². The van der Waals surface area contributed by atoms with Gasteiger partial charge in [0.1, 0.15) is 11.6 Å². The molecule has 25 heavy (non-hydrogen) atoms. The molecule has 0 spiro atoms. The Bertz CT molecular complexity index is 698. The molecular formula is C19H22FN3O2. The van der Waals surface area contributed by atoms with Crippen molar-refractivity contribution in [1.82, 2.24) is 4.98 Å². The molecule has 1 aliphatic rings. The zero-order valence-corrected chi connectivity index (χ0v) is 14.1. The van der Waals surface area contributed by atoms with E-state index >= 15 is 0 Å². The molecule has 0 radical (unpaired) electrons. The Hall–Kier alpha value is -2.31. The largest absolute Gasteiger partial charge is 0.633 e. The van der Waals surface area contributed by atoms with Crippen LogP contribution >= 0.6 is 0 Å². The first-order valence-electron chi connectivity index (χ1n) is 8.58. The van der Waals surface area contributed by atoms with Crippen LogP contribution in [0.1, 0.15) is 23.2 Å². The van der Waals surface area contributed by atoms with Crippen molar-refractivity contribution in [3.8, 4) is 0 Å². The van der Waals surface area contributed by atoms with E-state index in [0.717, 1.165) is 5.82 Å². The lowest BCUT2D eigenvalue weighted by Crippen LogP contribution is -2.56. The number of ketones is 1. The number of halogens is 1. The molecule has 1 aromatic heterocycles. The molecule has 132 valence electrons. The van der Waals surface area contributed by atoms with Crippen LogP contribution in [0.4, 0.5) is 10.2 Å². The molecule has 0 amide bonds. The number of pyridine rings is 1. The van der Waals surface area contributed by atoms with Crippen molar-refractivity contribution in [2.24, 2.45) is 0 Å². The number of quaternary nitrogens is 1. The number of hydrogen-bond donors (Lipinski definition) is 0. The summed E-state index contributed by atoms with van der Waals surface area (Å²) in [6.07, 6.45) is 2.62. The Morgan fingerprint density at radius 2 is 1.88 bits per heavy atom. The Balaban J connectivity index is 1.45. The third-order valence-electron chi connectivity index (χ3n) is 4.66. The van der Waals surface area contributed by atoms with E-state index in [1.165, 1.54) is 24.3 Å². The Labute approximate surface area is 146 Å². The van der Waals surface area contributed by atoms with Crippen LogP contribution in [0.3, 0.4) is 0 Å². The molecule has 2 heterocycles. The van der Waals surface area contributed by atoms with E-state index in [0.29, 0.717) is 51.1 Å². The van der Waals surface area contributed by atoms with Gasteiger partial charge in [-0.3, -0.25) is 4.79 Å². The number of hydroxylamine groups is 3. The van der Waals surface area contributed by atoms with Crippen molar-refractivity contribution in [1.29, 1.82) is 0 Å². The van der Waals surface area contributed by atoms with Gasteiger partial charge in [0.2, 0.25) is 0 Å². The highest BCUT2D eigenvalue weighted by atomic mass is 19.1. The number of Topliss-reactive ketones (excluding diaryl/α,β-unsaturated/α-hetero) is 1. The van der Waals surface area contributed by atoms with Gasteiger partial charge in [-0.1, -0.05) is 6.07 Å². The number of hydrogen-bond acceptors (Lipinski definition) is 4. The van der Waals surface area contributed by atoms with E-state index in [1.54, 1.807) is 6.20 Å². The molecule has 0 aliphatic carbocycles. The van der Waals surface area contributed by atoms with Gasteiger partial charge in [-0.25, -0.2) is 9.37 Å². The average Bonchev–Trinajstić information content (AvgIpc) is 2.63. The number of rotatable bonds is 6. The fraction of sp³-hybridized carbons (Fsp3) is 0.368. The summed E-state index contributed by atoms with van der Waals surface area (Å²) in [6.45, 7) is 2.78. The zero-order chi connectivity index (χ0) is 17.7. The third-order valence-corrected chi connectivity index (χ3v) is 4.66. The molecule has 1 saturated heterocycles. The van der Waals surface area contributed by atoms with E-state index in [1.807, 2.05) is 18.2 Å². The standard InChI is InChI=1S/C19H22FN3O2/c20-17-8-6-16(7-9-17)18(24)4-3-13-23(25)14-11-22(12-15-23)19-5-1-2-10-21-19/h1-2,5-10H,3-4,11-15H2. The summed E-state index contributed by atoms with van der Waals surface area (Å²) in [5.41, 5.74) is 0.499. The first-order chi connectivity index (χ1) is 12.1. The smallest absolute Gasteiger partial charge is 0.163 e. The summed E-state index contributed by atoms with van der Waals surface area (Å²) in [5.74, 6) is 0.505. The monoisotopic (exact) mass is 343 g/mol. The topological polar surface area (TPSA) is 56.3 Å². The molecular weight excluding hydrogens is 321 g/mol. The van der Waals surface area contributed by atoms with Crippen molar-refractivity contribution in [3.63, 3.8) is 0 Å². The number of benzene rings is 1. The van der Waals surface area contributed by atoms with Crippen molar-refractivity contribution in [2.45, 2.75) is 12.8 Å². The van der Waals surface area contributed by atoms with Gasteiger partial charge in [0.05, 0.1) is 32.7 Å². The van der Waals surface area contributed by atoms with Crippen molar-refractivity contribution in [3.05, 3.63) is 65.2 Å². The maximum absolute atomic E-state index is 12.9. The maximum atomic E-state index is 12.9. The maximum Gasteiger partial charge on any atom is 0.163 e. The van der Waals surface area contributed by atoms with Crippen LogP contribution in [0.5, 0.6) is 0 Å². The molecule has 2 aromatic rings. The Morgan fingerprint density at radius 1 is 1.16 bits per heavy atom. The minimum atomic E-state index is -0.355. The highest BCUT2D eigenvalue weighted by Gasteiger charge is 2.26. The van der Waals surface area contributed by atoms with Crippen LogP contribution < -0.4 is 4.90 Å². The molecule has 0 N–H and O–H groups in total. The van der Waals surface area contributed by atoms with Gasteiger partial charge in [-0.15, -0.1) is 0 Å². The minimum Gasteiger partial charge on any atom is -0.633 e. The van der Waals surface area contributed by atoms with Crippen molar-refractivity contribution < 1.29 is 13.8 Å². The molecule has 0 atom stereocenters. The highest BCUT2D eigenvalue weighted by molar-refractivity contribution is 5.95. The SMILES string of the molecule is O=C(CCC[N+]1([O-])CCN(c2ccccn2)CC1)c1ccc(F)cc1. The number of nitrogens with zero attached hydrogens (tertiary/aromatic N) is 3. The quantitative estimate of drug-likeness (QED) is 0.460. The lowest BCUT2D eigenvalue weighted by atomic mass is 10.1. The van der Waals surface area contributed by atoms with Gasteiger partial charge in [-0.2, -0.15) is 0 Å². The zero-order valence-electron chi connectivity index (χ0n) is 14.1. The molecule has 3 rings (SSSR count). The predicted octanol–water partition coefficient (Wildman–Crippen LogP) is 3.02. The van der Waals surface area contributed by atoms with Gasteiger partial charge >= 0.3 is 0 Å². The predicted molar refractivity (Wildman–Crippen MR) is 94.6 cm³/mol. The number of piperazine rings is 1. The lowest BCUT2D eigenvalue weighted by Gasteiger charge is -2.48. The molecule has 1 aromatic carbocycles. The van der Waals surface area contributed by atoms with Crippen molar-refractivity contribution >= 4 is 11.6 Å². The first kappa shape index (κ1) is 17.5. The Morgan fingerprint density at radius 3 is 2.52 bits per heavy atom. The van der Waals surface area contributed by atoms with Crippen LogP contribution in [0, 0.1) is 11.0 Å². The molecule has 1 aliphatic heterocycles. The van der Waals surface area contributed by atoms with Gasteiger partial charge in [0.25, 0.3) is 0 Å². The molecule has 6 heteroatoms. The van der Waals surface area contributed by atoms with E-state index in [4.69, 9.17) is 0 Å². The average molecular weight is 343 g/mol. The Kier molecular flexibility index (Phi) is 5.40. The molecule has 0 saturated carbocycles. The van der Waals surface area contributed by atoms with Gasteiger partial charge < -0.3 is 14.8 Å². The summed E-state index contributed by atoms with van der Waals surface area (Å²) < 4.78 is 12.6. The van der Waals surface area contributed by atoms with Crippen molar-refractivity contribution in [2.75, 3.05) is 37.6 Å². The second kappa shape index (κ2) is 7.72. The van der Waals surface area contributed by atoms with Crippen LogP contribution in [-0.4, -0.2) is 48.1 Å². The minimum absolute atomic E-state index is 0.0429. The van der Waals surface area contributed by atoms with E-state index in [9.17, 15) is 14.4 Å². The normalized spacial score (nSPS) is 16.6. The fourth-order valence-corrected chi connectivity index (χ4v) is 3.13. The van der Waals surface area contributed by atoms with Crippen LogP contribution in [0.25, 0.3) is 0 Å². The van der Waals surface area contributed by atoms with Crippen LogP contribution in [0.15, 0.2) is 48.7 Å². The summed E-state index contributed by atoms with van der Waals surface area (Å²) in [4.78, 5) is 18.5. The third kappa shape index (κ3) is 4.61. The van der Waals surface area contributed by atoms with Gasteiger partial charge in [-0.05, 0) is 36.4 Å². The molecule has 5 nitrogen and oxygen atoms in total. The number of carbonyl (C=O) groups excluding carboxylic acids is 1. The number of anilines is 1. The van der Waals surface area contributed by atoms with Gasteiger partial charge in [0, 0.05) is 24.6 Å². The first-order valence-corrected chi connectivity index (χ1v) is 8.58. The summed E-state index contributed by atoms with van der Waals surface area (Å²) in [7, 11) is 0. The fourth-order valence-electron chi connectivity index (χ4n) is 3.13.